The van der Waals surface area contributed by atoms with Gasteiger partial charge in [-0.05, 0) is 0 Å². The van der Waals surface area contributed by atoms with E-state index in [0.29, 0.717) is 6.54 Å². The first-order valence-corrected chi connectivity index (χ1v) is 5.00. The lowest BCUT2D eigenvalue weighted by Crippen LogP contribution is -2.48. The summed E-state index contributed by atoms with van der Waals surface area (Å²) in [6, 6.07) is 0. The SMILES string of the molecule is CC(=O)OCC(C[N+](C)(C)CO)OC(C)=O. The summed E-state index contributed by atoms with van der Waals surface area (Å²) in [5, 5.41) is 9.08. The van der Waals surface area contributed by atoms with E-state index in [-0.39, 0.29) is 17.8 Å². The van der Waals surface area contributed by atoms with Gasteiger partial charge in [-0.1, -0.05) is 0 Å². The van der Waals surface area contributed by atoms with Gasteiger partial charge in [-0.25, -0.2) is 0 Å². The molecule has 0 aliphatic heterocycles. The van der Waals surface area contributed by atoms with Gasteiger partial charge in [0.25, 0.3) is 0 Å². The first-order valence-electron chi connectivity index (χ1n) is 5.00. The van der Waals surface area contributed by atoms with Crippen LogP contribution in [-0.4, -0.2) is 61.6 Å². The van der Waals surface area contributed by atoms with Gasteiger partial charge < -0.3 is 19.1 Å². The van der Waals surface area contributed by atoms with Crippen molar-refractivity contribution < 1.29 is 28.7 Å². The summed E-state index contributed by atoms with van der Waals surface area (Å²) in [5.41, 5.74) is 0. The number of carbonyl (C=O) groups is 2. The van der Waals surface area contributed by atoms with Gasteiger partial charge in [-0.15, -0.1) is 0 Å². The molecular formula is C10H20NO5+. The van der Waals surface area contributed by atoms with Gasteiger partial charge in [0.1, 0.15) is 13.2 Å². The number of ether oxygens (including phenoxy) is 2. The Balaban J connectivity index is 4.30. The maximum Gasteiger partial charge on any atom is 0.303 e. The molecule has 16 heavy (non-hydrogen) atoms. The van der Waals surface area contributed by atoms with Crippen LogP contribution in [-0.2, 0) is 19.1 Å². The van der Waals surface area contributed by atoms with Crippen LogP contribution in [0, 0.1) is 0 Å². The van der Waals surface area contributed by atoms with E-state index in [1.165, 1.54) is 13.8 Å². The number of rotatable bonds is 6. The van der Waals surface area contributed by atoms with Crippen LogP contribution in [0.3, 0.4) is 0 Å². The number of aliphatic hydroxyl groups excluding tert-OH is 1. The summed E-state index contributed by atoms with van der Waals surface area (Å²) >= 11 is 0. The monoisotopic (exact) mass is 234 g/mol. The number of hydrogen-bond acceptors (Lipinski definition) is 5. The van der Waals surface area contributed by atoms with Crippen molar-refractivity contribution in [3.8, 4) is 0 Å². The largest absolute Gasteiger partial charge is 0.462 e. The molecule has 0 radical (unpaired) electrons. The molecule has 0 aromatic heterocycles. The van der Waals surface area contributed by atoms with E-state index in [4.69, 9.17) is 14.6 Å². The van der Waals surface area contributed by atoms with E-state index >= 15 is 0 Å². The number of aliphatic hydroxyl groups is 1. The number of likely N-dealkylation sites (N-methyl/N-ethyl adjacent to an activating group) is 1. The molecule has 0 saturated heterocycles. The smallest absolute Gasteiger partial charge is 0.303 e. The molecule has 94 valence electrons. The van der Waals surface area contributed by atoms with E-state index in [0.717, 1.165) is 0 Å². The minimum atomic E-state index is -0.538. The normalized spacial score (nSPS) is 13.1. The van der Waals surface area contributed by atoms with Crippen LogP contribution >= 0.6 is 0 Å². The lowest BCUT2D eigenvalue weighted by atomic mass is 10.3. The zero-order valence-corrected chi connectivity index (χ0v) is 10.2. The van der Waals surface area contributed by atoms with Gasteiger partial charge in [0.2, 0.25) is 0 Å². The second kappa shape index (κ2) is 6.44. The third kappa shape index (κ3) is 7.19. The quantitative estimate of drug-likeness (QED) is 0.381. The van der Waals surface area contributed by atoms with Gasteiger partial charge >= 0.3 is 11.9 Å². The van der Waals surface area contributed by atoms with Crippen molar-refractivity contribution in [3.05, 3.63) is 0 Å². The van der Waals surface area contributed by atoms with Crippen molar-refractivity contribution in [3.63, 3.8) is 0 Å². The molecular weight excluding hydrogens is 214 g/mol. The van der Waals surface area contributed by atoms with Crippen molar-refractivity contribution in [2.24, 2.45) is 0 Å². The second-order valence-corrected chi connectivity index (χ2v) is 4.29. The van der Waals surface area contributed by atoms with Crippen molar-refractivity contribution in [2.75, 3.05) is 34.0 Å². The Labute approximate surface area is 95.3 Å². The number of hydrogen-bond donors (Lipinski definition) is 1. The topological polar surface area (TPSA) is 72.8 Å². The fourth-order valence-corrected chi connectivity index (χ4v) is 1.18. The molecule has 1 atom stereocenters. The highest BCUT2D eigenvalue weighted by atomic mass is 16.6. The summed E-state index contributed by atoms with van der Waals surface area (Å²) in [6.07, 6.45) is -0.538. The third-order valence-electron chi connectivity index (χ3n) is 1.89. The second-order valence-electron chi connectivity index (χ2n) is 4.29. The van der Waals surface area contributed by atoms with Crippen LogP contribution in [0.1, 0.15) is 13.8 Å². The van der Waals surface area contributed by atoms with E-state index in [1.54, 1.807) is 14.1 Å². The van der Waals surface area contributed by atoms with E-state index in [1.807, 2.05) is 0 Å². The van der Waals surface area contributed by atoms with Crippen molar-refractivity contribution in [1.82, 2.24) is 0 Å². The molecule has 0 bridgehead atoms. The number of esters is 2. The Morgan fingerprint density at radius 2 is 1.81 bits per heavy atom. The predicted molar refractivity (Wildman–Crippen MR) is 56.2 cm³/mol. The highest BCUT2D eigenvalue weighted by Crippen LogP contribution is 2.03. The van der Waals surface area contributed by atoms with Gasteiger partial charge in [0, 0.05) is 13.8 Å². The summed E-state index contributed by atoms with van der Waals surface area (Å²) in [5.74, 6) is -0.860. The first-order chi connectivity index (χ1) is 7.26. The Bertz CT molecular complexity index is 252. The molecule has 6 nitrogen and oxygen atoms in total. The minimum absolute atomic E-state index is 0.0105. The van der Waals surface area contributed by atoms with Crippen molar-refractivity contribution in [2.45, 2.75) is 20.0 Å². The summed E-state index contributed by atoms with van der Waals surface area (Å²) in [4.78, 5) is 21.5. The van der Waals surface area contributed by atoms with Crippen LogP contribution in [0.5, 0.6) is 0 Å². The summed E-state index contributed by atoms with van der Waals surface area (Å²) in [7, 11) is 3.56. The lowest BCUT2D eigenvalue weighted by Gasteiger charge is -2.30. The van der Waals surface area contributed by atoms with Gasteiger partial charge in [-0.3, -0.25) is 9.59 Å². The number of nitrogens with zero attached hydrogens (tertiary/aromatic N) is 1. The molecule has 0 aliphatic carbocycles. The molecule has 0 heterocycles. The number of carbonyl (C=O) groups excluding carboxylic acids is 2. The van der Waals surface area contributed by atoms with E-state index < -0.39 is 18.0 Å². The Kier molecular flexibility index (Phi) is 5.98. The van der Waals surface area contributed by atoms with Crippen LogP contribution in [0.4, 0.5) is 0 Å². The fourth-order valence-electron chi connectivity index (χ4n) is 1.18. The zero-order valence-electron chi connectivity index (χ0n) is 10.2. The van der Waals surface area contributed by atoms with Crippen LogP contribution in [0.15, 0.2) is 0 Å². The Hall–Kier alpha value is -1.14. The summed E-state index contributed by atoms with van der Waals surface area (Å²) < 4.78 is 10.0. The molecule has 0 saturated carbocycles. The Morgan fingerprint density at radius 3 is 2.19 bits per heavy atom. The summed E-state index contributed by atoms with van der Waals surface area (Å²) in [6.45, 7) is 2.88. The highest BCUT2D eigenvalue weighted by molar-refractivity contribution is 5.67. The zero-order chi connectivity index (χ0) is 12.8. The van der Waals surface area contributed by atoms with E-state index in [2.05, 4.69) is 0 Å². The van der Waals surface area contributed by atoms with Crippen LogP contribution < -0.4 is 0 Å². The van der Waals surface area contributed by atoms with Crippen molar-refractivity contribution in [1.29, 1.82) is 0 Å². The molecule has 0 rings (SSSR count). The molecule has 0 spiro atoms. The molecule has 0 fully saturated rings. The average Bonchev–Trinajstić information content (AvgIpc) is 2.13. The number of quaternary nitrogens is 1. The first kappa shape index (κ1) is 14.9. The van der Waals surface area contributed by atoms with Gasteiger partial charge in [-0.2, -0.15) is 0 Å². The van der Waals surface area contributed by atoms with Crippen molar-refractivity contribution >= 4 is 11.9 Å². The molecule has 6 heteroatoms. The van der Waals surface area contributed by atoms with Crippen LogP contribution in [0.2, 0.25) is 0 Å². The standard InChI is InChI=1S/C10H20NO5/c1-8(13)15-6-10(16-9(2)14)5-11(3,4)7-12/h10,12H,5-7H2,1-4H3/q+1. The highest BCUT2D eigenvalue weighted by Gasteiger charge is 2.24. The molecule has 0 amide bonds. The molecule has 1 N–H and O–H groups in total. The maximum atomic E-state index is 10.8. The average molecular weight is 234 g/mol. The van der Waals surface area contributed by atoms with Gasteiger partial charge in [0.15, 0.2) is 12.8 Å². The third-order valence-corrected chi connectivity index (χ3v) is 1.89. The minimum Gasteiger partial charge on any atom is -0.462 e. The molecule has 0 aliphatic rings. The lowest BCUT2D eigenvalue weighted by molar-refractivity contribution is -0.911. The molecule has 0 aromatic rings. The van der Waals surface area contributed by atoms with E-state index in [9.17, 15) is 9.59 Å². The predicted octanol–water partition coefficient (Wildman–Crippen LogP) is -0.493. The van der Waals surface area contributed by atoms with Gasteiger partial charge in [0.05, 0.1) is 14.1 Å². The molecule has 1 unspecified atom stereocenters. The fraction of sp³-hybridized carbons (Fsp3) is 0.800. The maximum absolute atomic E-state index is 10.8. The van der Waals surface area contributed by atoms with Crippen LogP contribution in [0.25, 0.3) is 0 Å². The molecule has 0 aromatic carbocycles. The Morgan fingerprint density at radius 1 is 1.25 bits per heavy atom.